The molecule has 1 aliphatic heterocycles. The fourth-order valence-corrected chi connectivity index (χ4v) is 1.18. The van der Waals surface area contributed by atoms with Crippen LogP contribution in [0.25, 0.3) is 0 Å². The van der Waals surface area contributed by atoms with E-state index >= 15 is 0 Å². The van der Waals surface area contributed by atoms with Gasteiger partial charge in [0.05, 0.1) is 6.54 Å². The van der Waals surface area contributed by atoms with E-state index in [9.17, 15) is 9.59 Å². The Hall–Kier alpha value is -1.32. The van der Waals surface area contributed by atoms with E-state index in [1.54, 1.807) is 4.90 Å². The Morgan fingerprint density at radius 2 is 2.23 bits per heavy atom. The molecule has 0 aliphatic carbocycles. The van der Waals surface area contributed by atoms with Gasteiger partial charge in [0, 0.05) is 20.0 Å². The van der Waals surface area contributed by atoms with E-state index in [1.807, 2.05) is 6.08 Å². The van der Waals surface area contributed by atoms with Crippen LogP contribution in [0.3, 0.4) is 0 Å². The standard InChI is InChI=1S/C9H14N2O2/c1-8(12)10-7-9(13)11-5-3-2-4-6-11/h2-3H,4-7H2,1H3,(H,10,12). The third-order valence-corrected chi connectivity index (χ3v) is 1.90. The maximum absolute atomic E-state index is 11.4. The van der Waals surface area contributed by atoms with Crippen LogP contribution in [0.4, 0.5) is 0 Å². The highest BCUT2D eigenvalue weighted by atomic mass is 16.2. The first-order valence-corrected chi connectivity index (χ1v) is 4.37. The first-order valence-electron chi connectivity index (χ1n) is 4.37. The van der Waals surface area contributed by atoms with Gasteiger partial charge in [0.1, 0.15) is 0 Å². The molecule has 0 spiro atoms. The summed E-state index contributed by atoms with van der Waals surface area (Å²) in [6.07, 6.45) is 4.93. The Bertz CT molecular complexity index is 236. The van der Waals surface area contributed by atoms with Crippen LogP contribution in [-0.4, -0.2) is 36.3 Å². The number of nitrogens with zero attached hydrogens (tertiary/aromatic N) is 1. The number of hydrogen-bond acceptors (Lipinski definition) is 2. The minimum absolute atomic E-state index is 0.0143. The highest BCUT2D eigenvalue weighted by Crippen LogP contribution is 2.00. The van der Waals surface area contributed by atoms with E-state index in [1.165, 1.54) is 6.92 Å². The third-order valence-electron chi connectivity index (χ3n) is 1.90. The molecule has 0 aromatic carbocycles. The molecule has 0 unspecified atom stereocenters. The van der Waals surface area contributed by atoms with E-state index in [0.29, 0.717) is 6.54 Å². The summed E-state index contributed by atoms with van der Waals surface area (Å²) in [5.41, 5.74) is 0. The van der Waals surface area contributed by atoms with Crippen molar-refractivity contribution in [2.24, 2.45) is 0 Å². The molecular weight excluding hydrogens is 168 g/mol. The van der Waals surface area contributed by atoms with E-state index in [0.717, 1.165) is 13.0 Å². The maximum atomic E-state index is 11.4. The zero-order valence-corrected chi connectivity index (χ0v) is 7.75. The number of nitrogens with one attached hydrogen (secondary N) is 1. The van der Waals surface area contributed by atoms with Gasteiger partial charge in [0.25, 0.3) is 0 Å². The van der Waals surface area contributed by atoms with Gasteiger partial charge < -0.3 is 10.2 Å². The van der Waals surface area contributed by atoms with Crippen molar-refractivity contribution in [1.82, 2.24) is 10.2 Å². The molecule has 1 rings (SSSR count). The number of amides is 2. The van der Waals surface area contributed by atoms with Gasteiger partial charge in [-0.1, -0.05) is 12.2 Å². The minimum atomic E-state index is -0.166. The second-order valence-electron chi connectivity index (χ2n) is 3.01. The van der Waals surface area contributed by atoms with Gasteiger partial charge in [-0.3, -0.25) is 9.59 Å². The Kier molecular flexibility index (Phi) is 3.49. The average molecular weight is 182 g/mol. The molecule has 72 valence electrons. The summed E-state index contributed by atoms with van der Waals surface area (Å²) in [5.74, 6) is -0.180. The lowest BCUT2D eigenvalue weighted by Gasteiger charge is -2.23. The maximum Gasteiger partial charge on any atom is 0.242 e. The van der Waals surface area contributed by atoms with Gasteiger partial charge in [0.2, 0.25) is 11.8 Å². The van der Waals surface area contributed by atoms with Gasteiger partial charge in [-0.05, 0) is 6.42 Å². The van der Waals surface area contributed by atoms with E-state index in [-0.39, 0.29) is 18.4 Å². The summed E-state index contributed by atoms with van der Waals surface area (Å²) >= 11 is 0. The molecule has 0 bridgehead atoms. The van der Waals surface area contributed by atoms with Crippen LogP contribution in [0.15, 0.2) is 12.2 Å². The Labute approximate surface area is 77.6 Å². The molecule has 0 radical (unpaired) electrons. The first-order chi connectivity index (χ1) is 6.20. The second kappa shape index (κ2) is 4.64. The largest absolute Gasteiger partial charge is 0.347 e. The number of rotatable bonds is 2. The van der Waals surface area contributed by atoms with Crippen LogP contribution in [0.5, 0.6) is 0 Å². The zero-order valence-electron chi connectivity index (χ0n) is 7.75. The summed E-state index contributed by atoms with van der Waals surface area (Å²) in [6.45, 7) is 2.94. The molecule has 0 aromatic rings. The summed E-state index contributed by atoms with van der Waals surface area (Å²) in [6, 6.07) is 0. The Morgan fingerprint density at radius 1 is 1.46 bits per heavy atom. The van der Waals surface area contributed by atoms with Crippen molar-refractivity contribution in [3.63, 3.8) is 0 Å². The molecule has 13 heavy (non-hydrogen) atoms. The van der Waals surface area contributed by atoms with Gasteiger partial charge >= 0.3 is 0 Å². The SMILES string of the molecule is CC(=O)NCC(=O)N1CC=CCC1. The fraction of sp³-hybridized carbons (Fsp3) is 0.556. The van der Waals surface area contributed by atoms with Crippen molar-refractivity contribution in [2.75, 3.05) is 19.6 Å². The topological polar surface area (TPSA) is 49.4 Å². The van der Waals surface area contributed by atoms with Crippen LogP contribution in [0, 0.1) is 0 Å². The number of carbonyl (C=O) groups excluding carboxylic acids is 2. The molecule has 1 aliphatic rings. The molecule has 0 saturated heterocycles. The van der Waals surface area contributed by atoms with Crippen LogP contribution in [0.1, 0.15) is 13.3 Å². The summed E-state index contributed by atoms with van der Waals surface area (Å²) < 4.78 is 0. The number of carbonyl (C=O) groups is 2. The predicted molar refractivity (Wildman–Crippen MR) is 49.0 cm³/mol. The van der Waals surface area contributed by atoms with Gasteiger partial charge in [-0.15, -0.1) is 0 Å². The summed E-state index contributed by atoms with van der Waals surface area (Å²) in [4.78, 5) is 23.6. The average Bonchev–Trinajstić information content (AvgIpc) is 2.15. The third kappa shape index (κ3) is 3.27. The monoisotopic (exact) mass is 182 g/mol. The molecule has 1 N–H and O–H groups in total. The van der Waals surface area contributed by atoms with Crippen molar-refractivity contribution >= 4 is 11.8 Å². The molecule has 1 heterocycles. The van der Waals surface area contributed by atoms with Crippen molar-refractivity contribution in [3.8, 4) is 0 Å². The van der Waals surface area contributed by atoms with Gasteiger partial charge in [-0.25, -0.2) is 0 Å². The van der Waals surface area contributed by atoms with E-state index in [2.05, 4.69) is 11.4 Å². The van der Waals surface area contributed by atoms with Crippen molar-refractivity contribution in [2.45, 2.75) is 13.3 Å². The summed E-state index contributed by atoms with van der Waals surface area (Å²) in [5, 5.41) is 2.49. The summed E-state index contributed by atoms with van der Waals surface area (Å²) in [7, 11) is 0. The normalized spacial score (nSPS) is 15.6. The quantitative estimate of drug-likeness (QED) is 0.607. The fourth-order valence-electron chi connectivity index (χ4n) is 1.18. The van der Waals surface area contributed by atoms with Crippen molar-refractivity contribution < 1.29 is 9.59 Å². The molecule has 0 atom stereocenters. The smallest absolute Gasteiger partial charge is 0.242 e. The van der Waals surface area contributed by atoms with Crippen LogP contribution in [0.2, 0.25) is 0 Å². The van der Waals surface area contributed by atoms with Crippen LogP contribution < -0.4 is 5.32 Å². The lowest BCUT2D eigenvalue weighted by molar-refractivity contribution is -0.132. The molecule has 0 saturated carbocycles. The highest BCUT2D eigenvalue weighted by Gasteiger charge is 2.13. The lowest BCUT2D eigenvalue weighted by atomic mass is 10.2. The lowest BCUT2D eigenvalue weighted by Crippen LogP contribution is -2.41. The van der Waals surface area contributed by atoms with Crippen LogP contribution in [-0.2, 0) is 9.59 Å². The molecule has 0 fully saturated rings. The van der Waals surface area contributed by atoms with Gasteiger partial charge in [0.15, 0.2) is 0 Å². The minimum Gasteiger partial charge on any atom is -0.347 e. The molecular formula is C9H14N2O2. The Morgan fingerprint density at radius 3 is 2.77 bits per heavy atom. The van der Waals surface area contributed by atoms with E-state index < -0.39 is 0 Å². The first kappa shape index (κ1) is 9.77. The zero-order chi connectivity index (χ0) is 9.68. The molecule has 4 nitrogen and oxygen atoms in total. The molecule has 2 amide bonds. The highest BCUT2D eigenvalue weighted by molar-refractivity contribution is 5.83. The molecule has 4 heteroatoms. The van der Waals surface area contributed by atoms with Gasteiger partial charge in [-0.2, -0.15) is 0 Å². The molecule has 0 aromatic heterocycles. The predicted octanol–water partition coefficient (Wildman–Crippen LogP) is -0.0890. The van der Waals surface area contributed by atoms with Crippen molar-refractivity contribution in [3.05, 3.63) is 12.2 Å². The Balaban J connectivity index is 2.30. The number of hydrogen-bond donors (Lipinski definition) is 1. The second-order valence-corrected chi connectivity index (χ2v) is 3.01. The van der Waals surface area contributed by atoms with Crippen LogP contribution >= 0.6 is 0 Å². The van der Waals surface area contributed by atoms with Crippen molar-refractivity contribution in [1.29, 1.82) is 0 Å². The van der Waals surface area contributed by atoms with E-state index in [4.69, 9.17) is 0 Å².